The second-order valence-corrected chi connectivity index (χ2v) is 36.0. The normalized spacial score (nSPS) is 8.83. The zero-order valence-electron chi connectivity index (χ0n) is 48.3. The van der Waals surface area contributed by atoms with Gasteiger partial charge in [0.1, 0.15) is 0 Å². The second kappa shape index (κ2) is 107. The van der Waals surface area contributed by atoms with E-state index in [1.807, 2.05) is 0 Å². The third-order valence-corrected chi connectivity index (χ3v) is 24.9. The summed E-state index contributed by atoms with van der Waals surface area (Å²) in [4.78, 5) is 61.1. The number of carbonyl (C=O) groups is 6. The van der Waals surface area contributed by atoms with Crippen molar-refractivity contribution < 1.29 is 59.4 Å². The molecular weight excluding hydrogens is 1560 g/mol. The van der Waals surface area contributed by atoms with E-state index in [1.54, 1.807) is 48.3 Å². The van der Waals surface area contributed by atoms with Gasteiger partial charge in [-0.25, -0.2) is 0 Å². The molecule has 0 aromatic carbocycles. The van der Waals surface area contributed by atoms with Crippen LogP contribution in [0.25, 0.3) is 0 Å². The van der Waals surface area contributed by atoms with Gasteiger partial charge in [0.15, 0.2) is 0 Å². The first kappa shape index (κ1) is 105. The van der Waals surface area contributed by atoms with Gasteiger partial charge in [0.05, 0.1) is 35.8 Å². The minimum atomic E-state index is -1.55. The molecule has 75 heavy (non-hydrogen) atoms. The van der Waals surface area contributed by atoms with Crippen molar-refractivity contribution in [2.45, 2.75) is 255 Å². The Morgan fingerprint density at radius 1 is 0.253 bits per heavy atom. The Hall–Kier alpha value is 1.43. The molecule has 0 saturated heterocycles. The molecule has 12 nitrogen and oxygen atoms in total. The Balaban J connectivity index is -0.0000000618. The Morgan fingerprint density at radius 3 is 0.507 bits per heavy atom. The quantitative estimate of drug-likeness (QED) is 0.0212. The monoisotopic (exact) mass is 1670 g/mol. The summed E-state index contributed by atoms with van der Waals surface area (Å²) in [6.07, 6.45) is 37.7. The summed E-state index contributed by atoms with van der Waals surface area (Å²) in [6, 6.07) is 0. The number of rotatable bonds is 38. The number of aliphatic carboxylic acids is 6. The van der Waals surface area contributed by atoms with Crippen LogP contribution in [-0.2, 0) is 82.7 Å². The van der Waals surface area contributed by atoms with Crippen molar-refractivity contribution in [2.75, 3.05) is 0 Å². The molecule has 0 rings (SSSR count). The van der Waals surface area contributed by atoms with Crippen LogP contribution >= 0.6 is 0 Å². The van der Waals surface area contributed by atoms with Gasteiger partial charge in [-0.3, -0.25) is 0 Å². The van der Waals surface area contributed by atoms with Crippen molar-refractivity contribution in [2.24, 2.45) is 0 Å². The van der Waals surface area contributed by atoms with Crippen molar-refractivity contribution in [1.29, 1.82) is 0 Å². The predicted octanol–water partition coefficient (Wildman–Crippen LogP) is 6.46. The maximum absolute atomic E-state index is 9.41. The number of unbranched alkanes of at least 4 members (excludes halogenated alkanes) is 16. The molecule has 0 radical (unpaired) electrons. The summed E-state index contributed by atoms with van der Waals surface area (Å²) in [5.74, 6) is -9.28. The average Bonchev–Trinajstić information content (AvgIpc) is 3.32. The molecule has 0 unspecified atom stereocenters. The topological polar surface area (TPSA) is 241 Å². The standard InChI is InChI=1S/2C8H17.3C4H4O4.6C4H9.2CH3.4H2S.5Sn/c2*1-3-5-7-8-6-4-2;3*5-3(6)1-2-4(7)8;6*1-3-4-2;;;;;;;;;;;/h2*1,3-8H2,2H3;3*1-2H,(H,5,6)(H,7,8);6*1,3-4H2,2H3;2*1H3;4*1H2;;;;;/q;;;;;;;;;;;;;;;;;5*+2/p-10. The van der Waals surface area contributed by atoms with Crippen LogP contribution in [-0.4, -0.2) is 142 Å². The van der Waals surface area contributed by atoms with E-state index < -0.39 is 35.8 Å². The third kappa shape index (κ3) is 173. The number of carboxylic acid groups (broad SMARTS) is 6. The van der Waals surface area contributed by atoms with E-state index in [1.165, 1.54) is 141 Å². The Kier molecular flexibility index (Phi) is 150. The van der Waals surface area contributed by atoms with Crippen LogP contribution < -0.4 is 30.6 Å². The summed E-state index contributed by atoms with van der Waals surface area (Å²) < 4.78 is 13.1. The zero-order chi connectivity index (χ0) is 55.9. The molecule has 0 aliphatic rings. The van der Waals surface area contributed by atoms with Crippen LogP contribution in [0.15, 0.2) is 36.5 Å². The summed E-state index contributed by atoms with van der Waals surface area (Å²) in [5, 5.41) is 56.5. The molecule has 0 aromatic rings. The SMILES string of the molecule is CCCCCCC[CH2][Sn+2][CH2]CCCCCCC.CCC[CH2][Sn+2][CH2]CCC.CCC[CH2][Sn+2][CH2]CCC.CCC[CH2][Sn+2][CH2]CCC.O=C([O-])C=CC(=O)[O-].O=C([O-])C=CC(=O)[O-].O=C([O-])C=CC(=O)[O-].[CH3][Sn+2][CH3].[SH-].[SH-].[SH-].[SH-]. The maximum atomic E-state index is 9.41. The number of carbonyl (C=O) groups excluding carboxylic acids is 6. The van der Waals surface area contributed by atoms with Crippen molar-refractivity contribution >= 4 is 196 Å². The first-order chi connectivity index (χ1) is 33.9. The molecule has 0 bridgehead atoms. The van der Waals surface area contributed by atoms with Gasteiger partial charge in [0, 0.05) is 0 Å². The molecule has 0 saturated carbocycles. The fraction of sp³-hybridized carbons (Fsp3) is 0.778. The van der Waals surface area contributed by atoms with E-state index in [0.717, 1.165) is 0 Å². The van der Waals surface area contributed by atoms with E-state index in [0.29, 0.717) is 36.5 Å². The van der Waals surface area contributed by atoms with E-state index in [9.17, 15) is 59.4 Å². The molecule has 0 amide bonds. The van der Waals surface area contributed by atoms with Crippen molar-refractivity contribution in [3.05, 3.63) is 36.5 Å². The summed E-state index contributed by atoms with van der Waals surface area (Å²) in [6.45, 7) is 18.3. The molecule has 0 spiro atoms. The minimum absolute atomic E-state index is 0. The molecule has 0 aliphatic carbocycles. The molecule has 0 aromatic heterocycles. The maximum Gasteiger partial charge on any atom is -0.813 e. The number of hydrogen-bond donors (Lipinski definition) is 0. The molecule has 436 valence electrons. The average molecular weight is 1670 g/mol. The van der Waals surface area contributed by atoms with Crippen LogP contribution in [0.2, 0.25) is 45.4 Å². The molecule has 21 heteroatoms. The van der Waals surface area contributed by atoms with Gasteiger partial charge in [-0.15, -0.1) is 0 Å². The van der Waals surface area contributed by atoms with Gasteiger partial charge < -0.3 is 113 Å². The third-order valence-electron chi connectivity index (χ3n) is 8.72. The molecule has 0 N–H and O–H groups in total. The van der Waals surface area contributed by atoms with Crippen LogP contribution in [0, 0.1) is 0 Å². The molecule has 0 aliphatic heterocycles. The fourth-order valence-corrected chi connectivity index (χ4v) is 20.8. The van der Waals surface area contributed by atoms with Crippen LogP contribution in [0.3, 0.4) is 0 Å². The van der Waals surface area contributed by atoms with Crippen molar-refractivity contribution in [3.8, 4) is 0 Å². The summed E-state index contributed by atoms with van der Waals surface area (Å²) >= 11 is 0.752. The van der Waals surface area contributed by atoms with Gasteiger partial charge in [-0.2, -0.15) is 0 Å². The predicted molar refractivity (Wildman–Crippen MR) is 328 cm³/mol. The van der Waals surface area contributed by atoms with Gasteiger partial charge in [0.2, 0.25) is 0 Å². The first-order valence-electron chi connectivity index (χ1n) is 26.7. The van der Waals surface area contributed by atoms with Gasteiger partial charge >= 0.3 is 361 Å². The second-order valence-electron chi connectivity index (χ2n) is 16.1. The van der Waals surface area contributed by atoms with Crippen LogP contribution in [0.1, 0.15) is 209 Å². The Bertz CT molecular complexity index is 1000. The first-order valence-corrected chi connectivity index (χ1v) is 48.5. The Labute approximate surface area is 539 Å². The van der Waals surface area contributed by atoms with Gasteiger partial charge in [-0.1, -0.05) is 0 Å². The van der Waals surface area contributed by atoms with Crippen molar-refractivity contribution in [1.82, 2.24) is 0 Å². The summed E-state index contributed by atoms with van der Waals surface area (Å²) in [5.41, 5.74) is 0. The largest absolute Gasteiger partial charge is 0.813 e. The smallest absolute Gasteiger partial charge is 0.813 e. The van der Waals surface area contributed by atoms with Gasteiger partial charge in [-0.05, 0) is 36.5 Å². The van der Waals surface area contributed by atoms with Crippen LogP contribution in [0.4, 0.5) is 0 Å². The Morgan fingerprint density at radius 2 is 0.373 bits per heavy atom. The molecule has 0 fully saturated rings. The van der Waals surface area contributed by atoms with Crippen molar-refractivity contribution in [3.63, 3.8) is 0 Å². The van der Waals surface area contributed by atoms with E-state index >= 15 is 0 Å². The summed E-state index contributed by atoms with van der Waals surface area (Å²) in [7, 11) is 0. The van der Waals surface area contributed by atoms with Gasteiger partial charge in [0.25, 0.3) is 0 Å². The molecule has 0 heterocycles. The number of hydrogen-bond acceptors (Lipinski definition) is 16. The number of carboxylic acids is 6. The van der Waals surface area contributed by atoms with E-state index in [4.69, 9.17) is 0 Å². The molecule has 0 atom stereocenters. The van der Waals surface area contributed by atoms with Crippen LogP contribution in [0.5, 0.6) is 0 Å². The minimum Gasteiger partial charge on any atom is -0.813 e. The number of thiol groups is 4. The fourth-order valence-electron chi connectivity index (χ4n) is 4.78. The van der Waals surface area contributed by atoms with E-state index in [-0.39, 0.29) is 160 Å². The zero-order valence-corrected chi connectivity index (χ0v) is 66.1. The van der Waals surface area contributed by atoms with E-state index in [2.05, 4.69) is 65.3 Å². The molecular formula is C54H104O12S4Sn5.